The first-order chi connectivity index (χ1) is 12.4. The fourth-order valence-electron chi connectivity index (χ4n) is 2.38. The van der Waals surface area contributed by atoms with Gasteiger partial charge in [0.25, 0.3) is 0 Å². The highest BCUT2D eigenvalue weighted by molar-refractivity contribution is 14.0. The van der Waals surface area contributed by atoms with E-state index in [4.69, 9.17) is 0 Å². The number of hydrogen-bond acceptors (Lipinski definition) is 4. The number of nitrogens with zero attached hydrogens (tertiary/aromatic N) is 4. The van der Waals surface area contributed by atoms with Crippen molar-refractivity contribution < 1.29 is 8.42 Å². The number of sulfonamides is 1. The molecule has 10 heteroatoms. The number of rotatable bonds is 8. The molecule has 0 radical (unpaired) electrons. The molecule has 0 amide bonds. The quantitative estimate of drug-likeness (QED) is 0.245. The highest BCUT2D eigenvalue weighted by Gasteiger charge is 2.13. The molecule has 0 atom stereocenters. The number of aliphatic imine (C=N–C) groups is 1. The lowest BCUT2D eigenvalue weighted by atomic mass is 10.4. The normalized spacial score (nSPS) is 11.7. The summed E-state index contributed by atoms with van der Waals surface area (Å²) < 4.78 is 28.9. The zero-order valence-electron chi connectivity index (χ0n) is 15.8. The van der Waals surface area contributed by atoms with E-state index >= 15 is 0 Å². The van der Waals surface area contributed by atoms with Gasteiger partial charge >= 0.3 is 0 Å². The van der Waals surface area contributed by atoms with Gasteiger partial charge in [-0.25, -0.2) is 13.1 Å². The standard InChI is InChI=1S/C17H26N6O2S.HI/c1-4-19-17(23(3)14-15-7-6-12-22(15)2)20-10-11-21-26(24,25)16-8-5-9-18-13-16;/h5-9,12-13,21H,4,10-11,14H2,1-3H3,(H,19,20);1H. The van der Waals surface area contributed by atoms with Crippen molar-refractivity contribution in [1.82, 2.24) is 24.5 Å². The monoisotopic (exact) mass is 506 g/mol. The Morgan fingerprint density at radius 2 is 2.11 bits per heavy atom. The fraction of sp³-hybridized carbons (Fsp3) is 0.412. The summed E-state index contributed by atoms with van der Waals surface area (Å²) in [6, 6.07) is 7.16. The Morgan fingerprint density at radius 3 is 2.70 bits per heavy atom. The molecule has 150 valence electrons. The summed E-state index contributed by atoms with van der Waals surface area (Å²) in [6.07, 6.45) is 4.86. The van der Waals surface area contributed by atoms with Gasteiger partial charge in [-0.1, -0.05) is 0 Å². The second-order valence-electron chi connectivity index (χ2n) is 5.79. The number of guanidine groups is 1. The van der Waals surface area contributed by atoms with E-state index in [0.29, 0.717) is 13.1 Å². The number of aryl methyl sites for hydroxylation is 1. The molecule has 0 aliphatic rings. The number of hydrogen-bond donors (Lipinski definition) is 2. The van der Waals surface area contributed by atoms with Crippen LogP contribution in [-0.4, -0.2) is 55.5 Å². The summed E-state index contributed by atoms with van der Waals surface area (Å²) in [5.41, 5.74) is 1.16. The van der Waals surface area contributed by atoms with Gasteiger partial charge in [-0.05, 0) is 31.2 Å². The lowest BCUT2D eigenvalue weighted by Crippen LogP contribution is -2.39. The van der Waals surface area contributed by atoms with Gasteiger partial charge in [-0.15, -0.1) is 24.0 Å². The SMILES string of the molecule is CCNC(=NCCNS(=O)(=O)c1cccnc1)N(C)Cc1cccn1C.I. The van der Waals surface area contributed by atoms with E-state index in [2.05, 4.69) is 30.6 Å². The van der Waals surface area contributed by atoms with Crippen molar-refractivity contribution >= 4 is 40.0 Å². The maximum absolute atomic E-state index is 12.2. The third-order valence-corrected chi connectivity index (χ3v) is 5.20. The average Bonchev–Trinajstić information content (AvgIpc) is 3.03. The van der Waals surface area contributed by atoms with Crippen LogP contribution in [-0.2, 0) is 23.6 Å². The van der Waals surface area contributed by atoms with Gasteiger partial charge in [0.05, 0.1) is 13.1 Å². The van der Waals surface area contributed by atoms with Crippen molar-refractivity contribution in [1.29, 1.82) is 0 Å². The molecular formula is C17H27IN6O2S. The van der Waals surface area contributed by atoms with Crippen LogP contribution in [0.2, 0.25) is 0 Å². The first kappa shape index (κ1) is 23.4. The lowest BCUT2D eigenvalue weighted by Gasteiger charge is -2.22. The maximum atomic E-state index is 12.2. The summed E-state index contributed by atoms with van der Waals surface area (Å²) in [5, 5.41) is 3.22. The molecule has 0 aromatic carbocycles. The van der Waals surface area contributed by atoms with E-state index in [1.54, 1.807) is 6.07 Å². The van der Waals surface area contributed by atoms with E-state index < -0.39 is 10.0 Å². The highest BCUT2D eigenvalue weighted by Crippen LogP contribution is 2.05. The van der Waals surface area contributed by atoms with Crippen LogP contribution >= 0.6 is 24.0 Å². The van der Waals surface area contributed by atoms with Gasteiger partial charge in [0.1, 0.15) is 4.90 Å². The molecule has 2 rings (SSSR count). The van der Waals surface area contributed by atoms with Crippen molar-refractivity contribution in [2.45, 2.75) is 18.4 Å². The molecule has 0 aliphatic carbocycles. The van der Waals surface area contributed by atoms with Crippen LogP contribution in [0.15, 0.2) is 52.7 Å². The van der Waals surface area contributed by atoms with Crippen molar-refractivity contribution in [3.63, 3.8) is 0 Å². The van der Waals surface area contributed by atoms with Crippen molar-refractivity contribution in [3.05, 3.63) is 48.5 Å². The fourth-order valence-corrected chi connectivity index (χ4v) is 3.36. The molecular weight excluding hydrogens is 479 g/mol. The molecule has 2 aromatic rings. The minimum absolute atomic E-state index is 0. The topological polar surface area (TPSA) is 91.6 Å². The molecule has 0 aliphatic heterocycles. The lowest BCUT2D eigenvalue weighted by molar-refractivity contribution is 0.462. The molecule has 8 nitrogen and oxygen atoms in total. The van der Waals surface area contributed by atoms with Crippen molar-refractivity contribution in [2.75, 3.05) is 26.7 Å². The minimum atomic E-state index is -3.56. The molecule has 0 saturated heterocycles. The molecule has 0 spiro atoms. The largest absolute Gasteiger partial charge is 0.357 e. The van der Waals surface area contributed by atoms with E-state index in [9.17, 15) is 8.42 Å². The predicted octanol–water partition coefficient (Wildman–Crippen LogP) is 1.41. The summed E-state index contributed by atoms with van der Waals surface area (Å²) in [7, 11) is 0.397. The molecule has 0 bridgehead atoms. The Labute approximate surface area is 178 Å². The molecule has 2 heterocycles. The average molecular weight is 506 g/mol. The number of nitrogens with one attached hydrogen (secondary N) is 2. The van der Waals surface area contributed by atoms with Crippen LogP contribution in [0, 0.1) is 0 Å². The van der Waals surface area contributed by atoms with Gasteiger partial charge in [-0.2, -0.15) is 0 Å². The first-order valence-corrected chi connectivity index (χ1v) is 9.91. The number of aromatic nitrogens is 2. The van der Waals surface area contributed by atoms with Gasteiger partial charge in [-0.3, -0.25) is 9.98 Å². The Morgan fingerprint density at radius 1 is 1.33 bits per heavy atom. The van der Waals surface area contributed by atoms with Crippen LogP contribution in [0.3, 0.4) is 0 Å². The predicted molar refractivity (Wildman–Crippen MR) is 118 cm³/mol. The molecule has 2 aromatic heterocycles. The van der Waals surface area contributed by atoms with Gasteiger partial charge in [0, 0.05) is 51.5 Å². The van der Waals surface area contributed by atoms with Crippen molar-refractivity contribution in [2.24, 2.45) is 12.0 Å². The zero-order chi connectivity index (χ0) is 19.0. The van der Waals surface area contributed by atoms with E-state index in [1.807, 2.05) is 38.2 Å². The molecule has 27 heavy (non-hydrogen) atoms. The van der Waals surface area contributed by atoms with Crippen molar-refractivity contribution in [3.8, 4) is 0 Å². The smallest absolute Gasteiger partial charge is 0.242 e. The molecule has 0 unspecified atom stereocenters. The Balaban J connectivity index is 0.00000364. The Kier molecular flexibility index (Phi) is 9.74. The van der Waals surface area contributed by atoms with Gasteiger partial charge in [0.15, 0.2) is 5.96 Å². The molecule has 0 fully saturated rings. The van der Waals surface area contributed by atoms with E-state index in [-0.39, 0.29) is 35.4 Å². The number of halogens is 1. The Bertz CT molecular complexity index is 823. The summed E-state index contributed by atoms with van der Waals surface area (Å²) in [4.78, 5) is 10.5. The van der Waals surface area contributed by atoms with Gasteiger partial charge in [0.2, 0.25) is 10.0 Å². The highest BCUT2D eigenvalue weighted by atomic mass is 127. The molecule has 2 N–H and O–H groups in total. The second kappa shape index (κ2) is 11.2. The van der Waals surface area contributed by atoms with Crippen LogP contribution in [0.25, 0.3) is 0 Å². The third-order valence-electron chi connectivity index (χ3n) is 3.76. The minimum Gasteiger partial charge on any atom is -0.357 e. The van der Waals surface area contributed by atoms with Crippen LogP contribution in [0.5, 0.6) is 0 Å². The Hall–Kier alpha value is -1.66. The maximum Gasteiger partial charge on any atom is 0.242 e. The van der Waals surface area contributed by atoms with Crippen LogP contribution in [0.4, 0.5) is 0 Å². The number of pyridine rings is 1. The molecule has 0 saturated carbocycles. The summed E-state index contributed by atoms with van der Waals surface area (Å²) in [5.74, 6) is 0.731. The van der Waals surface area contributed by atoms with Crippen LogP contribution in [0.1, 0.15) is 12.6 Å². The van der Waals surface area contributed by atoms with E-state index in [0.717, 1.165) is 18.2 Å². The summed E-state index contributed by atoms with van der Waals surface area (Å²) in [6.45, 7) is 3.98. The van der Waals surface area contributed by atoms with Crippen LogP contribution < -0.4 is 10.0 Å². The third kappa shape index (κ3) is 7.11. The first-order valence-electron chi connectivity index (χ1n) is 8.43. The van der Waals surface area contributed by atoms with Gasteiger partial charge < -0.3 is 14.8 Å². The van der Waals surface area contributed by atoms with E-state index in [1.165, 1.54) is 18.5 Å². The summed E-state index contributed by atoms with van der Waals surface area (Å²) >= 11 is 0. The second-order valence-corrected chi connectivity index (χ2v) is 7.56. The zero-order valence-corrected chi connectivity index (χ0v) is 18.9.